The van der Waals surface area contributed by atoms with Gasteiger partial charge in [0, 0.05) is 16.5 Å². The zero-order valence-corrected chi connectivity index (χ0v) is 8.79. The van der Waals surface area contributed by atoms with Gasteiger partial charge in [0.1, 0.15) is 0 Å². The van der Waals surface area contributed by atoms with Crippen molar-refractivity contribution in [3.05, 3.63) is 34.9 Å². The van der Waals surface area contributed by atoms with E-state index in [-0.39, 0.29) is 18.3 Å². The third-order valence-corrected chi connectivity index (χ3v) is 2.46. The largest absolute Gasteiger partial charge is 0.396 e. The zero-order valence-electron chi connectivity index (χ0n) is 8.03. The molecule has 0 aliphatic rings. The van der Waals surface area contributed by atoms with Gasteiger partial charge in [0.25, 0.3) is 0 Å². The minimum absolute atomic E-state index is 0.0216. The van der Waals surface area contributed by atoms with Crippen molar-refractivity contribution >= 4 is 17.4 Å². The van der Waals surface area contributed by atoms with Crippen molar-refractivity contribution in [3.63, 3.8) is 0 Å². The molecule has 0 aromatic heterocycles. The molecule has 0 saturated heterocycles. The lowest BCUT2D eigenvalue weighted by Crippen LogP contribution is -2.17. The summed E-state index contributed by atoms with van der Waals surface area (Å²) in [5.41, 5.74) is 0.607. The molecule has 1 atom stereocenters. The Morgan fingerprint density at radius 2 is 2.00 bits per heavy atom. The molecule has 0 amide bonds. The fourth-order valence-corrected chi connectivity index (χ4v) is 1.37. The van der Waals surface area contributed by atoms with E-state index < -0.39 is 0 Å². The molecule has 0 bridgehead atoms. The Morgan fingerprint density at radius 1 is 1.43 bits per heavy atom. The van der Waals surface area contributed by atoms with Crippen molar-refractivity contribution in [1.82, 2.24) is 0 Å². The number of carbonyl (C=O) groups is 1. The monoisotopic (exact) mass is 212 g/mol. The van der Waals surface area contributed by atoms with Crippen molar-refractivity contribution in [3.8, 4) is 0 Å². The Hall–Kier alpha value is -0.860. The second-order valence-electron chi connectivity index (χ2n) is 3.16. The highest BCUT2D eigenvalue weighted by Crippen LogP contribution is 2.15. The molecule has 2 nitrogen and oxygen atoms in total. The Kier molecular flexibility index (Phi) is 4.11. The van der Waals surface area contributed by atoms with E-state index in [0.29, 0.717) is 17.0 Å². The van der Waals surface area contributed by atoms with Gasteiger partial charge >= 0.3 is 0 Å². The number of benzene rings is 1. The molecule has 3 heteroatoms. The third-order valence-electron chi connectivity index (χ3n) is 2.21. The predicted molar refractivity (Wildman–Crippen MR) is 56.6 cm³/mol. The highest BCUT2D eigenvalue weighted by atomic mass is 35.5. The van der Waals surface area contributed by atoms with Crippen LogP contribution < -0.4 is 0 Å². The number of halogens is 1. The normalized spacial score (nSPS) is 12.5. The molecular formula is C11H13ClO2. The number of Topliss-reactive ketones (excluding diaryl/α,β-unsaturated/α-hetero) is 1. The first-order valence-corrected chi connectivity index (χ1v) is 4.97. The van der Waals surface area contributed by atoms with Crippen LogP contribution in [0.4, 0.5) is 0 Å². The smallest absolute Gasteiger partial charge is 0.168 e. The molecule has 1 aromatic carbocycles. The van der Waals surface area contributed by atoms with Gasteiger partial charge in [0.15, 0.2) is 5.78 Å². The van der Waals surface area contributed by atoms with Gasteiger partial charge in [-0.25, -0.2) is 0 Å². The number of hydrogen-bond acceptors (Lipinski definition) is 2. The summed E-state index contributed by atoms with van der Waals surface area (Å²) in [6.07, 6.45) is 0.651. The van der Waals surface area contributed by atoms with E-state index in [1.54, 1.807) is 24.3 Å². The Balaban J connectivity index is 2.83. The van der Waals surface area contributed by atoms with Gasteiger partial charge in [-0.15, -0.1) is 0 Å². The van der Waals surface area contributed by atoms with Crippen molar-refractivity contribution in [1.29, 1.82) is 0 Å². The topological polar surface area (TPSA) is 37.3 Å². The quantitative estimate of drug-likeness (QED) is 0.779. The molecule has 0 fully saturated rings. The fourth-order valence-electron chi connectivity index (χ4n) is 1.25. The average molecular weight is 213 g/mol. The van der Waals surface area contributed by atoms with Gasteiger partial charge in [-0.2, -0.15) is 0 Å². The van der Waals surface area contributed by atoms with Gasteiger partial charge < -0.3 is 5.11 Å². The lowest BCUT2D eigenvalue weighted by atomic mass is 9.96. The Bertz CT molecular complexity index is 302. The second kappa shape index (κ2) is 5.13. The molecule has 1 unspecified atom stereocenters. The number of hydrogen-bond donors (Lipinski definition) is 1. The van der Waals surface area contributed by atoms with Crippen LogP contribution in [0.5, 0.6) is 0 Å². The maximum absolute atomic E-state index is 11.7. The molecule has 0 saturated carbocycles. The highest BCUT2D eigenvalue weighted by Gasteiger charge is 2.16. The van der Waals surface area contributed by atoms with E-state index in [2.05, 4.69) is 0 Å². The van der Waals surface area contributed by atoms with E-state index >= 15 is 0 Å². The maximum Gasteiger partial charge on any atom is 0.168 e. The van der Waals surface area contributed by atoms with Gasteiger partial charge in [-0.3, -0.25) is 4.79 Å². The van der Waals surface area contributed by atoms with Gasteiger partial charge in [0.2, 0.25) is 0 Å². The van der Waals surface area contributed by atoms with Gasteiger partial charge in [-0.05, 0) is 30.7 Å². The first kappa shape index (κ1) is 11.2. The van der Waals surface area contributed by atoms with Crippen LogP contribution in [0.25, 0.3) is 0 Å². The third kappa shape index (κ3) is 2.56. The molecule has 0 aliphatic heterocycles. The summed E-state index contributed by atoms with van der Waals surface area (Å²) in [5, 5.41) is 9.58. The molecule has 0 spiro atoms. The predicted octanol–water partition coefficient (Wildman–Crippen LogP) is 2.54. The molecule has 0 aliphatic carbocycles. The first-order chi connectivity index (χ1) is 6.69. The number of aliphatic hydroxyl groups is 1. The van der Waals surface area contributed by atoms with E-state index in [0.717, 1.165) is 0 Å². The standard InChI is InChI=1S/C11H13ClO2/c1-2-8(7-13)11(14)9-3-5-10(12)6-4-9/h3-6,8,13H,2,7H2,1H3. The lowest BCUT2D eigenvalue weighted by Gasteiger charge is -2.09. The summed E-state index contributed by atoms with van der Waals surface area (Å²) in [7, 11) is 0. The summed E-state index contributed by atoms with van der Waals surface area (Å²) in [6, 6.07) is 6.73. The van der Waals surface area contributed by atoms with E-state index in [4.69, 9.17) is 16.7 Å². The van der Waals surface area contributed by atoms with Crippen LogP contribution in [0.3, 0.4) is 0 Å². The van der Waals surface area contributed by atoms with Crippen LogP contribution in [0.15, 0.2) is 24.3 Å². The minimum atomic E-state index is -0.295. The van der Waals surface area contributed by atoms with Crippen LogP contribution in [0.1, 0.15) is 23.7 Å². The van der Waals surface area contributed by atoms with Crippen LogP contribution in [0, 0.1) is 5.92 Å². The summed E-state index contributed by atoms with van der Waals surface area (Å²) in [4.78, 5) is 11.7. The van der Waals surface area contributed by atoms with Gasteiger partial charge in [-0.1, -0.05) is 18.5 Å². The van der Waals surface area contributed by atoms with Crippen molar-refractivity contribution in [2.24, 2.45) is 5.92 Å². The fraction of sp³-hybridized carbons (Fsp3) is 0.364. The zero-order chi connectivity index (χ0) is 10.6. The molecule has 1 N–H and O–H groups in total. The molecule has 1 rings (SSSR count). The summed E-state index contributed by atoms with van der Waals surface area (Å²) in [6.45, 7) is 1.78. The molecule has 0 heterocycles. The van der Waals surface area contributed by atoms with Crippen molar-refractivity contribution < 1.29 is 9.90 Å². The average Bonchev–Trinajstić information content (AvgIpc) is 2.20. The van der Waals surface area contributed by atoms with Crippen LogP contribution >= 0.6 is 11.6 Å². The molecule has 0 radical (unpaired) electrons. The number of aliphatic hydroxyl groups excluding tert-OH is 1. The van der Waals surface area contributed by atoms with Crippen LogP contribution in [-0.4, -0.2) is 17.5 Å². The van der Waals surface area contributed by atoms with Crippen LogP contribution in [-0.2, 0) is 0 Å². The number of carbonyl (C=O) groups excluding carboxylic acids is 1. The van der Waals surface area contributed by atoms with E-state index in [1.165, 1.54) is 0 Å². The molecule has 76 valence electrons. The van der Waals surface area contributed by atoms with Crippen molar-refractivity contribution in [2.45, 2.75) is 13.3 Å². The maximum atomic E-state index is 11.7. The Morgan fingerprint density at radius 3 is 2.43 bits per heavy atom. The molecular weight excluding hydrogens is 200 g/mol. The summed E-state index contributed by atoms with van der Waals surface area (Å²) < 4.78 is 0. The summed E-state index contributed by atoms with van der Waals surface area (Å²) >= 11 is 5.70. The van der Waals surface area contributed by atoms with E-state index in [1.807, 2.05) is 6.92 Å². The van der Waals surface area contributed by atoms with Crippen LogP contribution in [0.2, 0.25) is 5.02 Å². The molecule has 1 aromatic rings. The first-order valence-electron chi connectivity index (χ1n) is 4.59. The number of ketones is 1. The lowest BCUT2D eigenvalue weighted by molar-refractivity contribution is 0.0856. The summed E-state index contributed by atoms with van der Waals surface area (Å²) in [5.74, 6) is -0.317. The van der Waals surface area contributed by atoms with Gasteiger partial charge in [0.05, 0.1) is 6.61 Å². The number of rotatable bonds is 4. The molecule has 14 heavy (non-hydrogen) atoms. The van der Waals surface area contributed by atoms with E-state index in [9.17, 15) is 4.79 Å². The SMILES string of the molecule is CCC(CO)C(=O)c1ccc(Cl)cc1. The minimum Gasteiger partial charge on any atom is -0.396 e. The second-order valence-corrected chi connectivity index (χ2v) is 3.60. The highest BCUT2D eigenvalue weighted by molar-refractivity contribution is 6.30. The Labute approximate surface area is 88.5 Å². The van der Waals surface area contributed by atoms with Crippen molar-refractivity contribution in [2.75, 3.05) is 6.61 Å².